The number of ether oxygens (including phenoxy) is 2. The van der Waals surface area contributed by atoms with Crippen LogP contribution < -0.4 is 20.2 Å². The minimum absolute atomic E-state index is 0.479. The predicted molar refractivity (Wildman–Crippen MR) is 124 cm³/mol. The molecule has 0 aliphatic rings. The Hall–Kier alpha value is -4.13. The van der Waals surface area contributed by atoms with Crippen molar-refractivity contribution in [3.05, 3.63) is 89.5 Å². The first-order valence-electron chi connectivity index (χ1n) is 10.2. The molecule has 0 radical (unpaired) electrons. The van der Waals surface area contributed by atoms with E-state index in [1.807, 2.05) is 50.2 Å². The molecule has 0 saturated heterocycles. The minimum atomic E-state index is -0.867. The zero-order valence-electron chi connectivity index (χ0n) is 18.0. The van der Waals surface area contributed by atoms with Gasteiger partial charge in [-0.2, -0.15) is 5.10 Å². The number of benzene rings is 3. The average molecular weight is 431 g/mol. The van der Waals surface area contributed by atoms with Crippen LogP contribution in [0, 0.1) is 6.92 Å². The number of rotatable bonds is 8. The lowest BCUT2D eigenvalue weighted by molar-refractivity contribution is -0.136. The van der Waals surface area contributed by atoms with E-state index in [1.54, 1.807) is 36.4 Å². The lowest BCUT2D eigenvalue weighted by Gasteiger charge is -2.07. The number of nitrogens with zero attached hydrogens (tertiary/aromatic N) is 1. The highest BCUT2D eigenvalue weighted by atomic mass is 16.5. The molecule has 0 aromatic heterocycles. The van der Waals surface area contributed by atoms with Crippen LogP contribution in [0.2, 0.25) is 0 Å². The molecule has 164 valence electrons. The number of hydrogen-bond donors (Lipinski definition) is 2. The molecular formula is C25H25N3O4. The Labute approximate surface area is 187 Å². The summed E-state index contributed by atoms with van der Waals surface area (Å²) in [5, 5.41) is 6.33. The molecule has 7 heteroatoms. The molecule has 3 rings (SSSR count). The van der Waals surface area contributed by atoms with E-state index in [0.29, 0.717) is 24.7 Å². The summed E-state index contributed by atoms with van der Waals surface area (Å²) in [7, 11) is 0. The highest BCUT2D eigenvalue weighted by molar-refractivity contribution is 6.39. The van der Waals surface area contributed by atoms with Crippen molar-refractivity contribution in [2.45, 2.75) is 20.5 Å². The predicted octanol–water partition coefficient (Wildman–Crippen LogP) is 4.06. The molecule has 0 heterocycles. The van der Waals surface area contributed by atoms with Gasteiger partial charge in [0, 0.05) is 5.69 Å². The van der Waals surface area contributed by atoms with Crippen LogP contribution in [0.1, 0.15) is 23.6 Å². The number of hydrogen-bond acceptors (Lipinski definition) is 5. The van der Waals surface area contributed by atoms with Crippen molar-refractivity contribution >= 4 is 23.7 Å². The van der Waals surface area contributed by atoms with E-state index < -0.39 is 11.8 Å². The van der Waals surface area contributed by atoms with E-state index in [1.165, 1.54) is 11.8 Å². The summed E-state index contributed by atoms with van der Waals surface area (Å²) in [6, 6.07) is 22.1. The molecule has 3 aromatic carbocycles. The number of anilines is 1. The Morgan fingerprint density at radius 3 is 2.12 bits per heavy atom. The second-order valence-electron chi connectivity index (χ2n) is 6.95. The van der Waals surface area contributed by atoms with Crippen molar-refractivity contribution in [1.29, 1.82) is 0 Å². The van der Waals surface area contributed by atoms with Crippen molar-refractivity contribution in [3.8, 4) is 11.5 Å². The van der Waals surface area contributed by atoms with Gasteiger partial charge in [-0.05, 0) is 73.5 Å². The maximum absolute atomic E-state index is 12.0. The first kappa shape index (κ1) is 22.6. The van der Waals surface area contributed by atoms with Gasteiger partial charge in [0.1, 0.15) is 18.1 Å². The van der Waals surface area contributed by atoms with E-state index >= 15 is 0 Å². The van der Waals surface area contributed by atoms with Crippen LogP contribution in [0.4, 0.5) is 5.69 Å². The van der Waals surface area contributed by atoms with Crippen molar-refractivity contribution in [2.24, 2.45) is 5.10 Å². The molecule has 2 amide bonds. The Morgan fingerprint density at radius 1 is 0.844 bits per heavy atom. The monoisotopic (exact) mass is 431 g/mol. The third-order valence-corrected chi connectivity index (χ3v) is 4.42. The molecule has 0 bridgehead atoms. The van der Waals surface area contributed by atoms with Crippen molar-refractivity contribution in [1.82, 2.24) is 5.43 Å². The largest absolute Gasteiger partial charge is 0.494 e. The van der Waals surface area contributed by atoms with Crippen LogP contribution in [-0.2, 0) is 16.2 Å². The summed E-state index contributed by atoms with van der Waals surface area (Å²) in [5.74, 6) is -0.271. The van der Waals surface area contributed by atoms with Gasteiger partial charge in [0.2, 0.25) is 0 Å². The molecule has 0 aliphatic carbocycles. The molecule has 3 aromatic rings. The van der Waals surface area contributed by atoms with Crippen LogP contribution in [0.15, 0.2) is 77.9 Å². The standard InChI is InChI=1S/C25H25N3O4/c1-3-31-22-14-10-21(11-15-22)27-24(29)25(30)28-26-16-19-8-12-23(13-9-19)32-17-20-6-4-18(2)5-7-20/h4-16H,3,17H2,1-2H3,(H,27,29)(H,28,30)/b26-16+. The average Bonchev–Trinajstić information content (AvgIpc) is 2.81. The number of amides is 2. The first-order chi connectivity index (χ1) is 15.5. The van der Waals surface area contributed by atoms with Crippen molar-refractivity contribution in [2.75, 3.05) is 11.9 Å². The number of aryl methyl sites for hydroxylation is 1. The van der Waals surface area contributed by atoms with Crippen LogP contribution >= 0.6 is 0 Å². The van der Waals surface area contributed by atoms with Gasteiger partial charge in [-0.25, -0.2) is 5.43 Å². The molecule has 32 heavy (non-hydrogen) atoms. The van der Waals surface area contributed by atoms with Gasteiger partial charge in [0.15, 0.2) is 0 Å². The molecule has 0 atom stereocenters. The van der Waals surface area contributed by atoms with Crippen LogP contribution in [0.25, 0.3) is 0 Å². The Morgan fingerprint density at radius 2 is 1.47 bits per heavy atom. The zero-order valence-corrected chi connectivity index (χ0v) is 18.0. The summed E-state index contributed by atoms with van der Waals surface area (Å²) in [6.07, 6.45) is 1.45. The molecule has 0 spiro atoms. The number of carbonyl (C=O) groups excluding carboxylic acids is 2. The van der Waals surface area contributed by atoms with E-state index in [-0.39, 0.29) is 0 Å². The molecule has 0 fully saturated rings. The SMILES string of the molecule is CCOc1ccc(NC(=O)C(=O)N/N=C/c2ccc(OCc3ccc(C)cc3)cc2)cc1. The summed E-state index contributed by atoms with van der Waals surface area (Å²) < 4.78 is 11.1. The Bertz CT molecular complexity index is 1060. The second-order valence-corrected chi connectivity index (χ2v) is 6.95. The van der Waals surface area contributed by atoms with E-state index in [0.717, 1.165) is 16.9 Å². The van der Waals surface area contributed by atoms with Crippen molar-refractivity contribution in [3.63, 3.8) is 0 Å². The quantitative estimate of drug-likeness (QED) is 0.320. The van der Waals surface area contributed by atoms with Gasteiger partial charge in [-0.3, -0.25) is 9.59 Å². The highest BCUT2D eigenvalue weighted by Gasteiger charge is 2.12. The normalized spacial score (nSPS) is 10.6. The number of nitrogens with one attached hydrogen (secondary N) is 2. The van der Waals surface area contributed by atoms with Gasteiger partial charge in [-0.1, -0.05) is 29.8 Å². The van der Waals surface area contributed by atoms with Crippen LogP contribution in [-0.4, -0.2) is 24.6 Å². The molecule has 0 unspecified atom stereocenters. The van der Waals surface area contributed by atoms with Crippen LogP contribution in [0.3, 0.4) is 0 Å². The van der Waals surface area contributed by atoms with E-state index in [2.05, 4.69) is 15.8 Å². The van der Waals surface area contributed by atoms with E-state index in [4.69, 9.17) is 9.47 Å². The Balaban J connectivity index is 1.44. The smallest absolute Gasteiger partial charge is 0.329 e. The second kappa shape index (κ2) is 11.3. The molecule has 0 aliphatic heterocycles. The molecule has 0 saturated carbocycles. The lowest BCUT2D eigenvalue weighted by atomic mass is 10.2. The highest BCUT2D eigenvalue weighted by Crippen LogP contribution is 2.16. The third kappa shape index (κ3) is 6.98. The summed E-state index contributed by atoms with van der Waals surface area (Å²) >= 11 is 0. The summed E-state index contributed by atoms with van der Waals surface area (Å²) in [4.78, 5) is 23.9. The van der Waals surface area contributed by atoms with Crippen LogP contribution in [0.5, 0.6) is 11.5 Å². The first-order valence-corrected chi connectivity index (χ1v) is 10.2. The van der Waals surface area contributed by atoms with Gasteiger partial charge in [0.05, 0.1) is 12.8 Å². The zero-order chi connectivity index (χ0) is 22.8. The fraction of sp³-hybridized carbons (Fsp3) is 0.160. The lowest BCUT2D eigenvalue weighted by Crippen LogP contribution is -2.32. The minimum Gasteiger partial charge on any atom is -0.494 e. The fourth-order valence-electron chi connectivity index (χ4n) is 2.71. The van der Waals surface area contributed by atoms with Gasteiger partial charge in [-0.15, -0.1) is 0 Å². The topological polar surface area (TPSA) is 89.0 Å². The number of carbonyl (C=O) groups is 2. The van der Waals surface area contributed by atoms with Gasteiger partial charge < -0.3 is 14.8 Å². The molecule has 2 N–H and O–H groups in total. The van der Waals surface area contributed by atoms with E-state index in [9.17, 15) is 9.59 Å². The fourth-order valence-corrected chi connectivity index (χ4v) is 2.71. The molecular weight excluding hydrogens is 406 g/mol. The molecule has 7 nitrogen and oxygen atoms in total. The maximum Gasteiger partial charge on any atom is 0.329 e. The van der Waals surface area contributed by atoms with Gasteiger partial charge in [0.25, 0.3) is 0 Å². The van der Waals surface area contributed by atoms with Gasteiger partial charge >= 0.3 is 11.8 Å². The van der Waals surface area contributed by atoms with Crippen molar-refractivity contribution < 1.29 is 19.1 Å². The number of hydrazone groups is 1. The summed E-state index contributed by atoms with van der Waals surface area (Å²) in [5.41, 5.74) is 5.74. The summed E-state index contributed by atoms with van der Waals surface area (Å²) in [6.45, 7) is 4.96. The third-order valence-electron chi connectivity index (χ3n) is 4.42. The Kier molecular flexibility index (Phi) is 7.97. The maximum atomic E-state index is 12.0.